The van der Waals surface area contributed by atoms with Crippen molar-refractivity contribution in [2.24, 2.45) is 0 Å². The highest BCUT2D eigenvalue weighted by Crippen LogP contribution is 2.59. The van der Waals surface area contributed by atoms with Crippen LogP contribution in [0.2, 0.25) is 0 Å². The van der Waals surface area contributed by atoms with E-state index in [1.54, 1.807) is 10.9 Å². The molecule has 0 fully saturated rings. The van der Waals surface area contributed by atoms with Crippen LogP contribution in [0.3, 0.4) is 0 Å². The van der Waals surface area contributed by atoms with Crippen molar-refractivity contribution in [3.8, 4) is 0 Å². The molecule has 0 spiro atoms. The monoisotopic (exact) mass is 206 g/mol. The Morgan fingerprint density at radius 1 is 0.857 bits per heavy atom. The zero-order chi connectivity index (χ0) is 10.7. The number of fused-ring (bicyclic) bond motifs is 1. The fourth-order valence-corrected chi connectivity index (χ4v) is 4.42. The van der Waals surface area contributed by atoms with Crippen molar-refractivity contribution in [1.29, 1.82) is 0 Å². The molecule has 1 aliphatic heterocycles. The largest absolute Gasteiger partial charge is 0.0863 e. The lowest BCUT2D eigenvalue weighted by molar-refractivity contribution is 1.31. The summed E-state index contributed by atoms with van der Waals surface area (Å²) in [5.74, 6) is 2.53. The highest BCUT2D eigenvalue weighted by atomic mass is 31.2. The average Bonchev–Trinajstić information content (AvgIpc) is 2.44. The fraction of sp³-hybridized carbons (Fsp3) is 0.462. The quantitative estimate of drug-likeness (QED) is 0.525. The van der Waals surface area contributed by atoms with Crippen LogP contribution in [0.25, 0.3) is 0 Å². The molecule has 0 atom stereocenters. The second kappa shape index (κ2) is 2.76. The normalized spacial score (nSPS) is 24.7. The molecule has 0 N–H and O–H groups in total. The Labute approximate surface area is 87.4 Å². The van der Waals surface area contributed by atoms with Gasteiger partial charge in [-0.25, -0.2) is 0 Å². The molecule has 2 aliphatic rings. The summed E-state index contributed by atoms with van der Waals surface area (Å²) < 4.78 is 0. The van der Waals surface area contributed by atoms with E-state index in [4.69, 9.17) is 0 Å². The van der Waals surface area contributed by atoms with Gasteiger partial charge in [0.2, 0.25) is 0 Å². The molecule has 0 saturated carbocycles. The van der Waals surface area contributed by atoms with Gasteiger partial charge in [-0.2, -0.15) is 0 Å². The van der Waals surface area contributed by atoms with Crippen LogP contribution < -0.4 is 0 Å². The van der Waals surface area contributed by atoms with Crippen molar-refractivity contribution in [1.82, 2.24) is 0 Å². The zero-order valence-electron chi connectivity index (χ0n) is 10.0. The molecule has 0 radical (unpaired) electrons. The van der Waals surface area contributed by atoms with Crippen LogP contribution in [0.5, 0.6) is 0 Å². The van der Waals surface area contributed by atoms with Gasteiger partial charge in [0.05, 0.1) is 0 Å². The molecule has 0 nitrogen and oxygen atoms in total. The predicted octanol–water partition coefficient (Wildman–Crippen LogP) is 4.02. The molecule has 0 unspecified atom stereocenters. The molecule has 0 aromatic rings. The number of allylic oxidation sites excluding steroid dienone is 6. The van der Waals surface area contributed by atoms with Crippen LogP contribution in [0, 0.1) is 0 Å². The molecule has 1 heteroatoms. The average molecular weight is 206 g/mol. The summed E-state index contributed by atoms with van der Waals surface area (Å²) in [6.07, 6.45) is 0. The van der Waals surface area contributed by atoms with Gasteiger partial charge >= 0.3 is 0 Å². The highest BCUT2D eigenvalue weighted by molar-refractivity contribution is 7.78. The van der Waals surface area contributed by atoms with E-state index in [0.29, 0.717) is 0 Å². The number of hydrogen-bond donors (Lipinski definition) is 0. The number of hydrogen-bond acceptors (Lipinski definition) is 0. The summed E-state index contributed by atoms with van der Waals surface area (Å²) in [5, 5.41) is 1.64. The number of rotatable bonds is 0. The third-order valence-corrected chi connectivity index (χ3v) is 6.71. The molecule has 14 heavy (non-hydrogen) atoms. The Balaban J connectivity index is 2.77. The summed E-state index contributed by atoms with van der Waals surface area (Å²) in [6.45, 7) is 13.0. The lowest BCUT2D eigenvalue weighted by atomic mass is 10.1. The van der Waals surface area contributed by atoms with Gasteiger partial charge in [0.15, 0.2) is 0 Å². The van der Waals surface area contributed by atoms with Crippen molar-refractivity contribution in [3.05, 3.63) is 33.2 Å². The SMILES string of the molecule is CC1=C(C)C2=C(C)P(C)(C)=CC2=C1C. The van der Waals surface area contributed by atoms with Gasteiger partial charge in [-0.3, -0.25) is 0 Å². The highest BCUT2D eigenvalue weighted by Gasteiger charge is 2.29. The molecular weight excluding hydrogens is 187 g/mol. The van der Waals surface area contributed by atoms with Gasteiger partial charge in [-0.15, -0.1) is 0 Å². The van der Waals surface area contributed by atoms with Crippen LogP contribution in [0.15, 0.2) is 33.2 Å². The third-order valence-electron chi connectivity index (χ3n) is 3.85. The Kier molecular flexibility index (Phi) is 1.98. The zero-order valence-corrected chi connectivity index (χ0v) is 10.9. The van der Waals surface area contributed by atoms with Crippen LogP contribution in [-0.2, 0) is 0 Å². The smallest absolute Gasteiger partial charge is 0.0115 e. The second-order valence-corrected chi connectivity index (χ2v) is 8.93. The van der Waals surface area contributed by atoms with E-state index in [0.717, 1.165) is 0 Å². The van der Waals surface area contributed by atoms with Crippen LogP contribution in [0.1, 0.15) is 27.7 Å². The minimum atomic E-state index is -0.900. The van der Waals surface area contributed by atoms with Gasteiger partial charge in [-0.1, -0.05) is 12.7 Å². The van der Waals surface area contributed by atoms with Crippen LogP contribution in [-0.4, -0.2) is 19.1 Å². The molecule has 1 aliphatic carbocycles. The molecule has 2 rings (SSSR count). The van der Waals surface area contributed by atoms with Crippen molar-refractivity contribution in [2.45, 2.75) is 27.7 Å². The first-order valence-corrected chi connectivity index (χ1v) is 7.92. The molecule has 0 bridgehead atoms. The first kappa shape index (κ1) is 10.1. The Hall–Kier alpha value is -0.480. The standard InChI is InChI=1S/C13H19P/c1-8-9(2)12-7-14(5,6)11(4)13(12)10(8)3/h7H,1-6H3. The van der Waals surface area contributed by atoms with E-state index in [9.17, 15) is 0 Å². The predicted molar refractivity (Wildman–Crippen MR) is 68.6 cm³/mol. The first-order valence-electron chi connectivity index (χ1n) is 5.16. The summed E-state index contributed by atoms with van der Waals surface area (Å²) in [6, 6.07) is 0. The minimum absolute atomic E-state index is 0.900. The molecule has 0 amide bonds. The fourth-order valence-electron chi connectivity index (χ4n) is 2.40. The summed E-state index contributed by atoms with van der Waals surface area (Å²) in [5.41, 5.74) is 7.61. The van der Waals surface area contributed by atoms with Gasteiger partial charge in [0.25, 0.3) is 0 Å². The van der Waals surface area contributed by atoms with Gasteiger partial charge < -0.3 is 0 Å². The van der Waals surface area contributed by atoms with Crippen molar-refractivity contribution in [2.75, 3.05) is 13.3 Å². The maximum Gasteiger partial charge on any atom is -0.0115 e. The lowest BCUT2D eigenvalue weighted by Gasteiger charge is -2.13. The van der Waals surface area contributed by atoms with Crippen molar-refractivity contribution >= 4 is 12.7 Å². The molecule has 1 heterocycles. The van der Waals surface area contributed by atoms with E-state index in [-0.39, 0.29) is 0 Å². The van der Waals surface area contributed by atoms with E-state index in [1.165, 1.54) is 22.3 Å². The van der Waals surface area contributed by atoms with E-state index in [2.05, 4.69) is 46.8 Å². The van der Waals surface area contributed by atoms with Crippen LogP contribution >= 0.6 is 6.89 Å². The second-order valence-electron chi connectivity index (χ2n) is 4.92. The Bertz CT molecular complexity index is 461. The minimum Gasteiger partial charge on any atom is -0.0863 e. The topological polar surface area (TPSA) is 0 Å². The maximum absolute atomic E-state index is 2.53. The molecular formula is C13H19P. The molecule has 0 saturated heterocycles. The summed E-state index contributed by atoms with van der Waals surface area (Å²) in [4.78, 5) is 0. The summed E-state index contributed by atoms with van der Waals surface area (Å²) in [7, 11) is 0. The molecule has 0 aromatic heterocycles. The lowest BCUT2D eigenvalue weighted by Crippen LogP contribution is -1.84. The molecule has 0 aromatic carbocycles. The Morgan fingerprint density at radius 3 is 1.93 bits per heavy atom. The summed E-state index contributed by atoms with van der Waals surface area (Å²) >= 11 is 0. The maximum atomic E-state index is 2.53. The van der Waals surface area contributed by atoms with Gasteiger partial charge in [0.1, 0.15) is 0 Å². The first-order chi connectivity index (χ1) is 6.36. The van der Waals surface area contributed by atoms with E-state index >= 15 is 0 Å². The van der Waals surface area contributed by atoms with Gasteiger partial charge in [0, 0.05) is 0 Å². The van der Waals surface area contributed by atoms with E-state index < -0.39 is 6.89 Å². The van der Waals surface area contributed by atoms with Crippen molar-refractivity contribution in [3.63, 3.8) is 0 Å². The van der Waals surface area contributed by atoms with E-state index in [1.807, 2.05) is 0 Å². The Morgan fingerprint density at radius 2 is 1.43 bits per heavy atom. The van der Waals surface area contributed by atoms with Crippen LogP contribution in [0.4, 0.5) is 0 Å². The van der Waals surface area contributed by atoms with Gasteiger partial charge in [-0.05, 0) is 74.2 Å². The van der Waals surface area contributed by atoms with Crippen molar-refractivity contribution < 1.29 is 0 Å². The molecule has 76 valence electrons. The third kappa shape index (κ3) is 1.07.